The Morgan fingerprint density at radius 3 is 2.63 bits per heavy atom. The molecule has 0 radical (unpaired) electrons. The second-order valence-electron chi connectivity index (χ2n) is 4.17. The molecule has 19 heavy (non-hydrogen) atoms. The van der Waals surface area contributed by atoms with E-state index in [9.17, 15) is 9.90 Å². The average Bonchev–Trinajstić information content (AvgIpc) is 2.44. The monoisotopic (exact) mass is 264 g/mol. The highest BCUT2D eigenvalue weighted by Crippen LogP contribution is 2.16. The van der Waals surface area contributed by atoms with Crippen LogP contribution in [0.2, 0.25) is 0 Å². The topological polar surface area (TPSA) is 70.6 Å². The van der Waals surface area contributed by atoms with Crippen molar-refractivity contribution in [1.29, 1.82) is 0 Å². The van der Waals surface area contributed by atoms with Gasteiger partial charge in [-0.25, -0.2) is 4.79 Å². The molecule has 2 amide bonds. The van der Waals surface area contributed by atoms with E-state index in [1.165, 1.54) is 0 Å². The van der Waals surface area contributed by atoms with Gasteiger partial charge in [0, 0.05) is 12.6 Å². The molecule has 0 aromatic heterocycles. The average molecular weight is 264 g/mol. The summed E-state index contributed by atoms with van der Waals surface area (Å²) >= 11 is 0. The first-order valence-corrected chi connectivity index (χ1v) is 6.05. The van der Waals surface area contributed by atoms with Crippen molar-refractivity contribution in [3.05, 3.63) is 42.5 Å². The lowest BCUT2D eigenvalue weighted by Crippen LogP contribution is -2.41. The van der Waals surface area contributed by atoms with Crippen LogP contribution in [0.4, 0.5) is 4.79 Å². The van der Waals surface area contributed by atoms with Crippen LogP contribution in [0.25, 0.3) is 0 Å². The molecule has 2 atom stereocenters. The third-order valence-corrected chi connectivity index (χ3v) is 2.67. The van der Waals surface area contributed by atoms with Gasteiger partial charge >= 0.3 is 6.03 Å². The van der Waals surface area contributed by atoms with Crippen molar-refractivity contribution < 1.29 is 14.6 Å². The van der Waals surface area contributed by atoms with E-state index in [2.05, 4.69) is 17.2 Å². The Labute approximate surface area is 113 Å². The molecule has 5 heteroatoms. The summed E-state index contributed by atoms with van der Waals surface area (Å²) in [5.41, 5.74) is 0.720. The summed E-state index contributed by atoms with van der Waals surface area (Å²) in [5, 5.41) is 15.2. The van der Waals surface area contributed by atoms with Gasteiger partial charge in [0.1, 0.15) is 5.75 Å². The highest BCUT2D eigenvalue weighted by Gasteiger charge is 2.10. The minimum absolute atomic E-state index is 0.113. The van der Waals surface area contributed by atoms with E-state index in [1.54, 1.807) is 37.5 Å². The maximum atomic E-state index is 11.4. The van der Waals surface area contributed by atoms with Crippen LogP contribution in [0.5, 0.6) is 5.75 Å². The number of aliphatic hydroxyl groups is 1. The summed E-state index contributed by atoms with van der Waals surface area (Å²) in [6.45, 7) is 5.52. The van der Waals surface area contributed by atoms with Gasteiger partial charge in [-0.3, -0.25) is 0 Å². The molecule has 0 saturated heterocycles. The normalized spacial score (nSPS) is 13.2. The lowest BCUT2D eigenvalue weighted by Gasteiger charge is -2.14. The molecule has 0 aliphatic carbocycles. The number of aliphatic hydroxyl groups excluding tert-OH is 1. The zero-order chi connectivity index (χ0) is 14.3. The Hall–Kier alpha value is -2.01. The molecule has 1 rings (SSSR count). The molecule has 1 aromatic carbocycles. The van der Waals surface area contributed by atoms with Crippen LogP contribution in [0.15, 0.2) is 36.9 Å². The number of benzene rings is 1. The number of hydrogen-bond acceptors (Lipinski definition) is 3. The third-order valence-electron chi connectivity index (χ3n) is 2.67. The fourth-order valence-electron chi connectivity index (χ4n) is 1.45. The number of rotatable bonds is 6. The van der Waals surface area contributed by atoms with Gasteiger partial charge in [0.15, 0.2) is 0 Å². The van der Waals surface area contributed by atoms with Crippen LogP contribution >= 0.6 is 0 Å². The molecular weight excluding hydrogens is 244 g/mol. The molecule has 3 N–H and O–H groups in total. The Kier molecular flexibility index (Phi) is 5.89. The van der Waals surface area contributed by atoms with E-state index >= 15 is 0 Å². The molecule has 0 saturated carbocycles. The maximum absolute atomic E-state index is 11.4. The van der Waals surface area contributed by atoms with Gasteiger partial charge in [-0.15, -0.1) is 6.58 Å². The second-order valence-corrected chi connectivity index (χ2v) is 4.17. The van der Waals surface area contributed by atoms with Crippen LogP contribution in [-0.4, -0.2) is 30.8 Å². The van der Waals surface area contributed by atoms with E-state index in [4.69, 9.17) is 4.74 Å². The molecule has 0 aliphatic rings. The zero-order valence-electron chi connectivity index (χ0n) is 11.2. The van der Waals surface area contributed by atoms with Crippen LogP contribution in [0, 0.1) is 0 Å². The maximum Gasteiger partial charge on any atom is 0.315 e. The largest absolute Gasteiger partial charge is 0.497 e. The molecular formula is C14H20N2O3. The van der Waals surface area contributed by atoms with E-state index in [-0.39, 0.29) is 18.6 Å². The number of ether oxygens (including phenoxy) is 1. The van der Waals surface area contributed by atoms with Crippen molar-refractivity contribution in [3.63, 3.8) is 0 Å². The number of urea groups is 1. The Balaban J connectivity index is 2.43. The minimum Gasteiger partial charge on any atom is -0.497 e. The molecule has 0 heterocycles. The predicted molar refractivity (Wildman–Crippen MR) is 74.1 cm³/mol. The Bertz CT molecular complexity index is 417. The lowest BCUT2D eigenvalue weighted by molar-refractivity contribution is 0.173. The number of amides is 2. The summed E-state index contributed by atoms with van der Waals surface area (Å²) in [7, 11) is 1.58. The van der Waals surface area contributed by atoms with E-state index in [0.717, 1.165) is 11.3 Å². The summed E-state index contributed by atoms with van der Waals surface area (Å²) in [5.74, 6) is 0.724. The second kappa shape index (κ2) is 7.43. The molecule has 0 bridgehead atoms. The van der Waals surface area contributed by atoms with Crippen molar-refractivity contribution in [3.8, 4) is 5.75 Å². The van der Waals surface area contributed by atoms with Gasteiger partial charge in [-0.1, -0.05) is 18.2 Å². The van der Waals surface area contributed by atoms with E-state index in [1.807, 2.05) is 6.92 Å². The Morgan fingerprint density at radius 2 is 2.11 bits per heavy atom. The summed E-state index contributed by atoms with van der Waals surface area (Å²) in [6.07, 6.45) is 0.870. The van der Waals surface area contributed by atoms with Crippen LogP contribution in [0.1, 0.15) is 18.6 Å². The molecule has 0 fully saturated rings. The highest BCUT2D eigenvalue weighted by atomic mass is 16.5. The van der Waals surface area contributed by atoms with Crippen LogP contribution in [-0.2, 0) is 0 Å². The first-order chi connectivity index (χ1) is 9.06. The first kappa shape index (κ1) is 15.0. The fourth-order valence-corrected chi connectivity index (χ4v) is 1.45. The van der Waals surface area contributed by atoms with Crippen molar-refractivity contribution in [2.24, 2.45) is 0 Å². The first-order valence-electron chi connectivity index (χ1n) is 6.05. The van der Waals surface area contributed by atoms with Crippen molar-refractivity contribution in [1.82, 2.24) is 10.6 Å². The van der Waals surface area contributed by atoms with Gasteiger partial charge in [-0.2, -0.15) is 0 Å². The summed E-state index contributed by atoms with van der Waals surface area (Å²) < 4.78 is 5.03. The molecule has 2 unspecified atom stereocenters. The van der Waals surface area contributed by atoms with Crippen molar-refractivity contribution in [2.45, 2.75) is 19.1 Å². The number of methoxy groups -OCH3 is 1. The zero-order valence-corrected chi connectivity index (χ0v) is 11.2. The van der Waals surface area contributed by atoms with Crippen molar-refractivity contribution >= 4 is 6.03 Å². The molecule has 0 aliphatic heterocycles. The van der Waals surface area contributed by atoms with Crippen LogP contribution < -0.4 is 15.4 Å². The minimum atomic E-state index is -0.754. The third kappa shape index (κ3) is 5.01. The quantitative estimate of drug-likeness (QED) is 0.683. The van der Waals surface area contributed by atoms with Crippen molar-refractivity contribution in [2.75, 3.05) is 13.7 Å². The van der Waals surface area contributed by atoms with E-state index < -0.39 is 6.10 Å². The van der Waals surface area contributed by atoms with Gasteiger partial charge in [0.2, 0.25) is 0 Å². The summed E-state index contributed by atoms with van der Waals surface area (Å²) in [4.78, 5) is 11.4. The fraction of sp³-hybridized carbons (Fsp3) is 0.357. The van der Waals surface area contributed by atoms with Crippen LogP contribution in [0.3, 0.4) is 0 Å². The van der Waals surface area contributed by atoms with Gasteiger partial charge in [0.05, 0.1) is 13.2 Å². The molecule has 104 valence electrons. The Morgan fingerprint density at radius 1 is 1.47 bits per heavy atom. The molecule has 0 spiro atoms. The number of hydrogen-bond donors (Lipinski definition) is 3. The van der Waals surface area contributed by atoms with E-state index in [0.29, 0.717) is 0 Å². The number of nitrogens with one attached hydrogen (secondary N) is 2. The van der Waals surface area contributed by atoms with Gasteiger partial charge < -0.3 is 20.5 Å². The lowest BCUT2D eigenvalue weighted by atomic mass is 10.1. The molecule has 1 aromatic rings. The molecule has 5 nitrogen and oxygen atoms in total. The predicted octanol–water partition coefficient (Wildman–Crippen LogP) is 1.60. The SMILES string of the molecule is C=CC(C)NC(=O)NCC(O)c1ccc(OC)cc1. The number of carbonyl (C=O) groups excluding carboxylic acids is 1. The highest BCUT2D eigenvalue weighted by molar-refractivity contribution is 5.74. The summed E-state index contributed by atoms with van der Waals surface area (Å²) in [6, 6.07) is 6.60. The standard InChI is InChI=1S/C14H20N2O3/c1-4-10(2)16-14(18)15-9-13(17)11-5-7-12(19-3)8-6-11/h4-8,10,13,17H,1,9H2,2-3H3,(H2,15,16,18). The smallest absolute Gasteiger partial charge is 0.315 e. The van der Waals surface area contributed by atoms with Gasteiger partial charge in [0.25, 0.3) is 0 Å². The number of carbonyl (C=O) groups is 1. The van der Waals surface area contributed by atoms with Gasteiger partial charge in [-0.05, 0) is 24.6 Å².